The molecule has 22 heavy (non-hydrogen) atoms. The van der Waals surface area contributed by atoms with Crippen LogP contribution >= 0.6 is 0 Å². The van der Waals surface area contributed by atoms with Crippen molar-refractivity contribution in [2.45, 2.75) is 129 Å². The van der Waals surface area contributed by atoms with Gasteiger partial charge in [-0.15, -0.1) is 0 Å². The van der Waals surface area contributed by atoms with Crippen LogP contribution in [0, 0.1) is 0 Å². The Morgan fingerprint density at radius 2 is 0.773 bits per heavy atom. The normalized spacial score (nSPS) is 14.2. The summed E-state index contributed by atoms with van der Waals surface area (Å²) in [6.45, 7) is 4.47. The van der Waals surface area contributed by atoms with Gasteiger partial charge < -0.3 is 10.2 Å². The lowest BCUT2D eigenvalue weighted by Gasteiger charge is -2.14. The summed E-state index contributed by atoms with van der Waals surface area (Å²) in [5.41, 5.74) is 0. The molecule has 2 N–H and O–H groups in total. The first-order chi connectivity index (χ1) is 10.7. The zero-order valence-corrected chi connectivity index (χ0v) is 15.4. The number of unbranched alkanes of at least 4 members (excludes halogenated alkanes) is 10. The van der Waals surface area contributed by atoms with Crippen LogP contribution in [0.1, 0.15) is 117 Å². The van der Waals surface area contributed by atoms with Crippen LogP contribution in [0.2, 0.25) is 0 Å². The Kier molecular flexibility index (Phi) is 17.2. The lowest BCUT2D eigenvalue weighted by Crippen LogP contribution is -2.13. The molecule has 0 aromatic carbocycles. The van der Waals surface area contributed by atoms with Crippen molar-refractivity contribution < 1.29 is 10.2 Å². The Balaban J connectivity index is 3.31. The number of hydrogen-bond acceptors (Lipinski definition) is 2. The highest BCUT2D eigenvalue weighted by molar-refractivity contribution is 4.62. The SMILES string of the molecule is CCCCCCCCCC(O)CCC(O)CCCCCCC. The van der Waals surface area contributed by atoms with Crippen LogP contribution < -0.4 is 0 Å². The van der Waals surface area contributed by atoms with Crippen LogP contribution in [-0.4, -0.2) is 22.4 Å². The molecule has 0 saturated carbocycles. The second-order valence-electron chi connectivity index (χ2n) is 7.00. The summed E-state index contributed by atoms with van der Waals surface area (Å²) in [6.07, 6.45) is 18.3. The van der Waals surface area contributed by atoms with Crippen LogP contribution in [0.25, 0.3) is 0 Å². The van der Waals surface area contributed by atoms with Gasteiger partial charge in [0, 0.05) is 0 Å². The topological polar surface area (TPSA) is 40.5 Å². The molecule has 0 bridgehead atoms. The molecule has 2 atom stereocenters. The van der Waals surface area contributed by atoms with Crippen LogP contribution in [0.3, 0.4) is 0 Å². The maximum atomic E-state index is 9.97. The van der Waals surface area contributed by atoms with Crippen LogP contribution in [0.4, 0.5) is 0 Å². The van der Waals surface area contributed by atoms with E-state index < -0.39 is 0 Å². The minimum Gasteiger partial charge on any atom is -0.393 e. The predicted octanol–water partition coefficient (Wildman–Crippen LogP) is 5.99. The molecule has 0 aliphatic carbocycles. The second-order valence-corrected chi connectivity index (χ2v) is 7.00. The molecule has 0 aliphatic heterocycles. The number of hydrogen-bond donors (Lipinski definition) is 2. The van der Waals surface area contributed by atoms with E-state index in [0.29, 0.717) is 0 Å². The van der Waals surface area contributed by atoms with Crippen molar-refractivity contribution >= 4 is 0 Å². The molecule has 0 fully saturated rings. The van der Waals surface area contributed by atoms with Crippen molar-refractivity contribution in [3.63, 3.8) is 0 Å². The van der Waals surface area contributed by atoms with Crippen LogP contribution in [0.15, 0.2) is 0 Å². The molecule has 0 aliphatic rings. The third kappa shape index (κ3) is 16.3. The van der Waals surface area contributed by atoms with Crippen molar-refractivity contribution in [2.75, 3.05) is 0 Å². The molecule has 0 aromatic heterocycles. The van der Waals surface area contributed by atoms with Gasteiger partial charge in [-0.25, -0.2) is 0 Å². The van der Waals surface area contributed by atoms with Crippen molar-refractivity contribution in [3.05, 3.63) is 0 Å². The first-order valence-corrected chi connectivity index (χ1v) is 10.1. The quantitative estimate of drug-likeness (QED) is 0.324. The summed E-state index contributed by atoms with van der Waals surface area (Å²) in [6, 6.07) is 0. The van der Waals surface area contributed by atoms with Crippen LogP contribution in [0.5, 0.6) is 0 Å². The molecule has 0 rings (SSSR count). The van der Waals surface area contributed by atoms with E-state index in [2.05, 4.69) is 13.8 Å². The highest BCUT2D eigenvalue weighted by Gasteiger charge is 2.09. The largest absolute Gasteiger partial charge is 0.393 e. The summed E-state index contributed by atoms with van der Waals surface area (Å²) in [5.74, 6) is 0. The summed E-state index contributed by atoms with van der Waals surface area (Å²) < 4.78 is 0. The molecular weight excluding hydrogens is 272 g/mol. The van der Waals surface area contributed by atoms with Gasteiger partial charge in [-0.3, -0.25) is 0 Å². The van der Waals surface area contributed by atoms with Gasteiger partial charge in [0.05, 0.1) is 12.2 Å². The van der Waals surface area contributed by atoms with E-state index >= 15 is 0 Å². The number of aliphatic hydroxyl groups excluding tert-OH is 2. The molecule has 0 spiro atoms. The van der Waals surface area contributed by atoms with Gasteiger partial charge >= 0.3 is 0 Å². The lowest BCUT2D eigenvalue weighted by molar-refractivity contribution is 0.101. The first kappa shape index (κ1) is 21.9. The lowest BCUT2D eigenvalue weighted by atomic mass is 10.00. The summed E-state index contributed by atoms with van der Waals surface area (Å²) in [5, 5.41) is 19.9. The molecule has 2 unspecified atom stereocenters. The van der Waals surface area contributed by atoms with Crippen molar-refractivity contribution in [3.8, 4) is 0 Å². The van der Waals surface area contributed by atoms with E-state index in [1.165, 1.54) is 64.2 Å². The number of aliphatic hydroxyl groups is 2. The van der Waals surface area contributed by atoms with Gasteiger partial charge in [0.15, 0.2) is 0 Å². The standard InChI is InChI=1S/C20H42O2/c1-3-5-7-9-10-12-14-16-20(22)18-17-19(21)15-13-11-8-6-4-2/h19-22H,3-18H2,1-2H3. The Morgan fingerprint density at radius 3 is 1.14 bits per heavy atom. The Bertz CT molecular complexity index is 206. The van der Waals surface area contributed by atoms with E-state index in [-0.39, 0.29) is 12.2 Å². The molecule has 0 amide bonds. The molecule has 2 heteroatoms. The van der Waals surface area contributed by atoms with Crippen molar-refractivity contribution in [1.29, 1.82) is 0 Å². The van der Waals surface area contributed by atoms with Gasteiger partial charge in [0.25, 0.3) is 0 Å². The Hall–Kier alpha value is -0.0800. The van der Waals surface area contributed by atoms with E-state index in [1.807, 2.05) is 0 Å². The van der Waals surface area contributed by atoms with E-state index in [4.69, 9.17) is 0 Å². The van der Waals surface area contributed by atoms with Gasteiger partial charge in [-0.05, 0) is 25.7 Å². The molecule has 0 saturated heterocycles. The van der Waals surface area contributed by atoms with E-state index in [9.17, 15) is 10.2 Å². The van der Waals surface area contributed by atoms with Crippen LogP contribution in [-0.2, 0) is 0 Å². The predicted molar refractivity (Wildman–Crippen MR) is 97.2 cm³/mol. The molecule has 0 heterocycles. The fraction of sp³-hybridized carbons (Fsp3) is 1.00. The highest BCUT2D eigenvalue weighted by Crippen LogP contribution is 2.15. The molecule has 0 aromatic rings. The van der Waals surface area contributed by atoms with Gasteiger partial charge in [-0.2, -0.15) is 0 Å². The fourth-order valence-corrected chi connectivity index (χ4v) is 2.99. The first-order valence-electron chi connectivity index (χ1n) is 10.1. The Morgan fingerprint density at radius 1 is 0.455 bits per heavy atom. The molecular formula is C20H42O2. The zero-order valence-electron chi connectivity index (χ0n) is 15.4. The minimum absolute atomic E-state index is 0.203. The van der Waals surface area contributed by atoms with Gasteiger partial charge in [0.1, 0.15) is 0 Å². The highest BCUT2D eigenvalue weighted by atomic mass is 16.3. The summed E-state index contributed by atoms with van der Waals surface area (Å²) >= 11 is 0. The third-order valence-electron chi connectivity index (χ3n) is 4.61. The van der Waals surface area contributed by atoms with Gasteiger partial charge in [-0.1, -0.05) is 90.9 Å². The average molecular weight is 315 g/mol. The summed E-state index contributed by atoms with van der Waals surface area (Å²) in [7, 11) is 0. The monoisotopic (exact) mass is 314 g/mol. The van der Waals surface area contributed by atoms with Crippen molar-refractivity contribution in [2.24, 2.45) is 0 Å². The van der Waals surface area contributed by atoms with Gasteiger partial charge in [0.2, 0.25) is 0 Å². The molecule has 134 valence electrons. The maximum Gasteiger partial charge on any atom is 0.0541 e. The Labute approximate surface area is 139 Å². The smallest absolute Gasteiger partial charge is 0.0541 e. The molecule has 2 nitrogen and oxygen atoms in total. The zero-order chi connectivity index (χ0) is 16.5. The van der Waals surface area contributed by atoms with Crippen molar-refractivity contribution in [1.82, 2.24) is 0 Å². The van der Waals surface area contributed by atoms with E-state index in [1.54, 1.807) is 0 Å². The second kappa shape index (κ2) is 17.3. The maximum absolute atomic E-state index is 9.97. The van der Waals surface area contributed by atoms with E-state index in [0.717, 1.165) is 38.5 Å². The third-order valence-corrected chi connectivity index (χ3v) is 4.61. The minimum atomic E-state index is -0.203. The molecule has 0 radical (unpaired) electrons. The average Bonchev–Trinajstić information content (AvgIpc) is 2.52. The fourth-order valence-electron chi connectivity index (χ4n) is 2.99. The number of rotatable bonds is 17. The summed E-state index contributed by atoms with van der Waals surface area (Å²) in [4.78, 5) is 0.